The van der Waals surface area contributed by atoms with Crippen LogP contribution in [0.2, 0.25) is 0 Å². The van der Waals surface area contributed by atoms with E-state index in [9.17, 15) is 9.36 Å². The molecule has 0 aliphatic rings. The molecule has 0 heterocycles. The lowest BCUT2D eigenvalue weighted by Crippen LogP contribution is -2.27. The van der Waals surface area contributed by atoms with E-state index in [1.807, 2.05) is 0 Å². The van der Waals surface area contributed by atoms with Crippen molar-refractivity contribution in [3.8, 4) is 5.75 Å². The van der Waals surface area contributed by atoms with Gasteiger partial charge in [0.1, 0.15) is 0 Å². The zero-order valence-electron chi connectivity index (χ0n) is 10.4. The highest BCUT2D eigenvalue weighted by Crippen LogP contribution is 2.27. The Morgan fingerprint density at radius 3 is 2.35 bits per heavy atom. The summed E-state index contributed by atoms with van der Waals surface area (Å²) in [5.41, 5.74) is -0.605. The maximum absolute atomic E-state index is 11.7. The second-order valence-electron chi connectivity index (χ2n) is 4.55. The van der Waals surface area contributed by atoms with Crippen LogP contribution in [0.5, 0.6) is 5.75 Å². The summed E-state index contributed by atoms with van der Waals surface area (Å²) in [7, 11) is -0.640. The maximum Gasteiger partial charge on any atom is 0.552 e. The normalized spacial score (nSPS) is 12.1. The molecule has 1 atom stereocenters. The Hall–Kier alpha value is -1.25. The topological polar surface area (TPSA) is 52.6 Å². The molecule has 0 fully saturated rings. The summed E-state index contributed by atoms with van der Waals surface area (Å²) < 4.78 is 21.6. The van der Waals surface area contributed by atoms with Gasteiger partial charge in [0, 0.05) is 0 Å². The van der Waals surface area contributed by atoms with Gasteiger partial charge in [0.2, 0.25) is 0 Å². The molecule has 1 rings (SSSR count). The quantitative estimate of drug-likeness (QED) is 0.473. The van der Waals surface area contributed by atoms with E-state index < -0.39 is 13.4 Å². The highest BCUT2D eigenvalue weighted by Gasteiger charge is 2.30. The molecule has 4 nitrogen and oxygen atoms in total. The van der Waals surface area contributed by atoms with Gasteiger partial charge in [0.15, 0.2) is 5.75 Å². The minimum atomic E-state index is -1.99. The zero-order valence-corrected chi connectivity index (χ0v) is 11.3. The van der Waals surface area contributed by atoms with Gasteiger partial charge in [-0.15, -0.1) is 4.52 Å². The summed E-state index contributed by atoms with van der Waals surface area (Å²) in [6.45, 7) is 5.27. The molecule has 0 radical (unpaired) electrons. The zero-order chi connectivity index (χ0) is 13.1. The van der Waals surface area contributed by atoms with Gasteiger partial charge in [0.25, 0.3) is 5.30 Å². The van der Waals surface area contributed by atoms with E-state index >= 15 is 0 Å². The highest BCUT2D eigenvalue weighted by molar-refractivity contribution is 7.48. The van der Waals surface area contributed by atoms with Crippen LogP contribution in [0.15, 0.2) is 24.3 Å². The Morgan fingerprint density at radius 2 is 1.82 bits per heavy atom. The Kier molecular flexibility index (Phi) is 4.38. The smallest absolute Gasteiger partial charge is 0.421 e. The van der Waals surface area contributed by atoms with E-state index in [4.69, 9.17) is 9.26 Å². The molecule has 1 aromatic carbocycles. The summed E-state index contributed by atoms with van der Waals surface area (Å²) in [5, 5.41) is 0.391. The average molecular weight is 255 g/mol. The lowest BCUT2D eigenvalue weighted by molar-refractivity contribution is -0.142. The molecule has 0 aromatic heterocycles. The van der Waals surface area contributed by atoms with Gasteiger partial charge in [-0.1, -0.05) is 12.1 Å². The van der Waals surface area contributed by atoms with Crippen LogP contribution in [0.3, 0.4) is 0 Å². The maximum atomic E-state index is 11.7. The first-order valence-electron chi connectivity index (χ1n) is 5.19. The van der Waals surface area contributed by atoms with Crippen LogP contribution in [-0.4, -0.2) is 13.1 Å². The number of hydrogen-bond acceptors (Lipinski definition) is 4. The fraction of sp³-hybridized carbons (Fsp3) is 0.417. The van der Waals surface area contributed by atoms with Gasteiger partial charge in [-0.2, -0.15) is 0 Å². The van der Waals surface area contributed by atoms with Crippen LogP contribution in [-0.2, 0) is 13.9 Å². The van der Waals surface area contributed by atoms with Crippen molar-refractivity contribution in [2.45, 2.75) is 20.8 Å². The van der Waals surface area contributed by atoms with Gasteiger partial charge < -0.3 is 4.74 Å². The fourth-order valence-electron chi connectivity index (χ4n) is 1.05. The summed E-state index contributed by atoms with van der Waals surface area (Å²) in [5.74, 6) is -0.0835. The summed E-state index contributed by atoms with van der Waals surface area (Å²) in [6, 6.07) is 6.66. The summed E-state index contributed by atoms with van der Waals surface area (Å²) in [6.07, 6.45) is 0. The Morgan fingerprint density at radius 1 is 1.24 bits per heavy atom. The van der Waals surface area contributed by atoms with Gasteiger partial charge in [-0.05, 0) is 37.5 Å². The lowest BCUT2D eigenvalue weighted by atomic mass is 9.97. The molecule has 0 aliphatic heterocycles. The molecule has 0 amide bonds. The number of rotatable bonds is 3. The molecular weight excluding hydrogens is 239 g/mol. The molecule has 1 aromatic rings. The Balaban J connectivity index is 2.99. The van der Waals surface area contributed by atoms with Crippen LogP contribution >= 0.6 is 8.03 Å². The number of hydrogen-bond donors (Lipinski definition) is 0. The molecule has 17 heavy (non-hydrogen) atoms. The second kappa shape index (κ2) is 5.39. The average Bonchev–Trinajstić information content (AvgIpc) is 2.27. The SMILES string of the molecule is CO[P+](=O)c1ccccc1OC(=O)C(C)(C)C. The number of para-hydroxylation sites is 1. The van der Waals surface area contributed by atoms with Crippen LogP contribution in [0.25, 0.3) is 0 Å². The standard InChI is InChI=1S/C12H16O4P/c1-12(2,3)11(13)16-9-7-5-6-8-10(9)17(14)15-4/h5-8H,1-4H3/q+1. The van der Waals surface area contributed by atoms with Crippen molar-refractivity contribution in [3.05, 3.63) is 24.3 Å². The van der Waals surface area contributed by atoms with Crippen molar-refractivity contribution in [2.24, 2.45) is 5.41 Å². The molecule has 0 N–H and O–H groups in total. The van der Waals surface area contributed by atoms with Crippen molar-refractivity contribution >= 4 is 19.3 Å². The highest BCUT2D eigenvalue weighted by atomic mass is 31.1. The predicted octanol–water partition coefficient (Wildman–Crippen LogP) is 2.65. The van der Waals surface area contributed by atoms with Crippen molar-refractivity contribution in [1.29, 1.82) is 0 Å². The molecule has 0 bridgehead atoms. The van der Waals surface area contributed by atoms with Crippen molar-refractivity contribution in [1.82, 2.24) is 0 Å². The summed E-state index contributed by atoms with van der Waals surface area (Å²) >= 11 is 0. The third-order valence-corrected chi connectivity index (χ3v) is 3.14. The third kappa shape index (κ3) is 3.62. The molecule has 0 saturated carbocycles. The molecule has 0 saturated heterocycles. The van der Waals surface area contributed by atoms with Crippen LogP contribution in [0.1, 0.15) is 20.8 Å². The van der Waals surface area contributed by atoms with Crippen LogP contribution in [0, 0.1) is 5.41 Å². The monoisotopic (exact) mass is 255 g/mol. The minimum Gasteiger partial charge on any atom is -0.421 e. The van der Waals surface area contributed by atoms with Crippen molar-refractivity contribution in [3.63, 3.8) is 0 Å². The van der Waals surface area contributed by atoms with E-state index in [2.05, 4.69) is 0 Å². The third-order valence-electron chi connectivity index (χ3n) is 2.04. The van der Waals surface area contributed by atoms with E-state index in [-0.39, 0.29) is 11.7 Å². The molecular formula is C12H16O4P+. The van der Waals surface area contributed by atoms with Crippen LogP contribution in [0.4, 0.5) is 0 Å². The largest absolute Gasteiger partial charge is 0.552 e. The molecule has 92 valence electrons. The molecule has 1 unspecified atom stereocenters. The van der Waals surface area contributed by atoms with Crippen molar-refractivity contribution < 1.29 is 18.6 Å². The van der Waals surface area contributed by atoms with Gasteiger partial charge in [0.05, 0.1) is 12.5 Å². The first-order chi connectivity index (χ1) is 7.86. The molecule has 0 spiro atoms. The number of carbonyl (C=O) groups excluding carboxylic acids is 1. The van der Waals surface area contributed by atoms with Crippen LogP contribution < -0.4 is 10.0 Å². The summed E-state index contributed by atoms with van der Waals surface area (Å²) in [4.78, 5) is 11.7. The predicted molar refractivity (Wildman–Crippen MR) is 65.8 cm³/mol. The number of ether oxygens (including phenoxy) is 1. The van der Waals surface area contributed by atoms with Crippen molar-refractivity contribution in [2.75, 3.05) is 7.11 Å². The van der Waals surface area contributed by atoms with E-state index in [0.29, 0.717) is 5.30 Å². The first-order valence-corrected chi connectivity index (χ1v) is 6.36. The first kappa shape index (κ1) is 13.8. The van der Waals surface area contributed by atoms with Gasteiger partial charge >= 0.3 is 14.0 Å². The Bertz CT molecular complexity index is 434. The Labute approximate surface area is 102 Å². The number of esters is 1. The number of carbonyl (C=O) groups is 1. The molecule has 5 heteroatoms. The fourth-order valence-corrected chi connectivity index (χ4v) is 1.75. The van der Waals surface area contributed by atoms with Gasteiger partial charge in [-0.25, -0.2) is 0 Å². The van der Waals surface area contributed by atoms with E-state index in [0.717, 1.165) is 0 Å². The van der Waals surface area contributed by atoms with E-state index in [1.54, 1.807) is 45.0 Å². The second-order valence-corrected chi connectivity index (χ2v) is 5.91. The van der Waals surface area contributed by atoms with E-state index in [1.165, 1.54) is 7.11 Å². The number of benzene rings is 1. The lowest BCUT2D eigenvalue weighted by Gasteiger charge is -2.15. The van der Waals surface area contributed by atoms with Gasteiger partial charge in [-0.3, -0.25) is 4.79 Å². The minimum absolute atomic E-state index is 0.287. The molecule has 0 aliphatic carbocycles.